The summed E-state index contributed by atoms with van der Waals surface area (Å²) in [5, 5.41) is 0. The molecule has 20 heavy (non-hydrogen) atoms. The standard InChI is InChI=1S/C12H30O2S4Si2/c1-6-14-20(4,5)12-8-10-16-18-17-15-9-7-11-19(2,3)13/h13H,6-12H2,1-5H3. The fourth-order valence-corrected chi connectivity index (χ4v) is 11.3. The highest BCUT2D eigenvalue weighted by Gasteiger charge is 2.20. The van der Waals surface area contributed by atoms with Gasteiger partial charge in [0.05, 0.1) is 0 Å². The van der Waals surface area contributed by atoms with E-state index < -0.39 is 16.6 Å². The molecule has 0 saturated carbocycles. The monoisotopic (exact) mass is 390 g/mol. The lowest BCUT2D eigenvalue weighted by molar-refractivity contribution is 0.328. The van der Waals surface area contributed by atoms with Gasteiger partial charge >= 0.3 is 0 Å². The molecule has 0 saturated heterocycles. The minimum Gasteiger partial charge on any atom is -0.432 e. The fourth-order valence-electron chi connectivity index (χ4n) is 1.69. The van der Waals surface area contributed by atoms with Crippen LogP contribution in [0, 0.1) is 0 Å². The Hall–Kier alpha value is 1.75. The average molecular weight is 391 g/mol. The van der Waals surface area contributed by atoms with E-state index in [9.17, 15) is 4.80 Å². The van der Waals surface area contributed by atoms with Crippen molar-refractivity contribution in [1.29, 1.82) is 0 Å². The van der Waals surface area contributed by atoms with Gasteiger partial charge in [-0.1, -0.05) is 21.6 Å². The van der Waals surface area contributed by atoms with Crippen molar-refractivity contribution in [3.05, 3.63) is 0 Å². The van der Waals surface area contributed by atoms with Crippen molar-refractivity contribution in [3.63, 3.8) is 0 Å². The van der Waals surface area contributed by atoms with Gasteiger partial charge in [0.1, 0.15) is 0 Å². The fraction of sp³-hybridized carbons (Fsp3) is 1.00. The first-order chi connectivity index (χ1) is 9.27. The van der Waals surface area contributed by atoms with Crippen LogP contribution in [0.2, 0.25) is 38.3 Å². The molecule has 122 valence electrons. The summed E-state index contributed by atoms with van der Waals surface area (Å²) in [4.78, 5) is 9.73. The van der Waals surface area contributed by atoms with E-state index >= 15 is 0 Å². The van der Waals surface area contributed by atoms with Crippen LogP contribution < -0.4 is 0 Å². The Kier molecular flexibility index (Phi) is 13.3. The van der Waals surface area contributed by atoms with Crippen molar-refractivity contribution in [2.24, 2.45) is 0 Å². The second kappa shape index (κ2) is 12.2. The first-order valence-corrected chi connectivity index (χ1v) is 18.6. The molecule has 0 aliphatic heterocycles. The maximum Gasteiger partial charge on any atom is 0.186 e. The molecular formula is C12H30O2S4Si2. The average Bonchev–Trinajstić information content (AvgIpc) is 2.30. The topological polar surface area (TPSA) is 29.5 Å². The maximum atomic E-state index is 9.73. The van der Waals surface area contributed by atoms with Crippen LogP contribution in [0.25, 0.3) is 0 Å². The normalized spacial score (nSPS) is 12.9. The summed E-state index contributed by atoms with van der Waals surface area (Å²) in [7, 11) is 4.48. The third kappa shape index (κ3) is 16.1. The Bertz CT molecular complexity index is 238. The molecule has 0 unspecified atom stereocenters. The second-order valence-electron chi connectivity index (χ2n) is 5.99. The van der Waals surface area contributed by atoms with Gasteiger partial charge in [-0.25, -0.2) is 0 Å². The first-order valence-electron chi connectivity index (χ1n) is 7.21. The molecule has 0 aliphatic carbocycles. The smallest absolute Gasteiger partial charge is 0.186 e. The van der Waals surface area contributed by atoms with Crippen molar-refractivity contribution in [2.75, 3.05) is 18.1 Å². The van der Waals surface area contributed by atoms with Crippen molar-refractivity contribution < 1.29 is 9.22 Å². The summed E-state index contributed by atoms with van der Waals surface area (Å²) in [6.07, 6.45) is 2.42. The van der Waals surface area contributed by atoms with Crippen LogP contribution in [0.15, 0.2) is 0 Å². The van der Waals surface area contributed by atoms with E-state index in [4.69, 9.17) is 4.43 Å². The van der Waals surface area contributed by atoms with Gasteiger partial charge in [0.15, 0.2) is 16.6 Å². The van der Waals surface area contributed by atoms with Crippen molar-refractivity contribution >= 4 is 57.9 Å². The lowest BCUT2D eigenvalue weighted by Crippen LogP contribution is -2.30. The molecule has 2 nitrogen and oxygen atoms in total. The second-order valence-corrected chi connectivity index (χ2v) is 20.7. The minimum atomic E-state index is -1.81. The molecule has 0 aliphatic rings. The largest absolute Gasteiger partial charge is 0.432 e. The van der Waals surface area contributed by atoms with Gasteiger partial charge < -0.3 is 9.22 Å². The number of rotatable bonds is 13. The van der Waals surface area contributed by atoms with Crippen LogP contribution in [-0.4, -0.2) is 39.5 Å². The SMILES string of the molecule is CCO[Si](C)(C)CCCSSSSCCC[Si](C)(C)O. The third-order valence-electron chi connectivity index (χ3n) is 2.68. The zero-order valence-electron chi connectivity index (χ0n) is 13.4. The molecule has 0 heterocycles. The molecule has 0 atom stereocenters. The highest BCUT2D eigenvalue weighted by atomic mass is 33.7. The molecule has 0 fully saturated rings. The van der Waals surface area contributed by atoms with E-state index in [2.05, 4.69) is 20.0 Å². The van der Waals surface area contributed by atoms with Gasteiger partial charge in [0.25, 0.3) is 0 Å². The summed E-state index contributed by atoms with van der Waals surface area (Å²) in [6.45, 7) is 11.6. The Morgan fingerprint density at radius 1 is 0.900 bits per heavy atom. The molecule has 0 radical (unpaired) electrons. The van der Waals surface area contributed by atoms with Crippen molar-refractivity contribution in [1.82, 2.24) is 0 Å². The molecule has 0 amide bonds. The first kappa shape index (κ1) is 21.8. The van der Waals surface area contributed by atoms with Crippen LogP contribution in [0.3, 0.4) is 0 Å². The Labute approximate surface area is 142 Å². The Morgan fingerprint density at radius 3 is 1.85 bits per heavy atom. The molecule has 1 N–H and O–H groups in total. The predicted octanol–water partition coefficient (Wildman–Crippen LogP) is 5.88. The Morgan fingerprint density at radius 2 is 1.40 bits per heavy atom. The van der Waals surface area contributed by atoms with Gasteiger partial charge in [-0.3, -0.25) is 0 Å². The van der Waals surface area contributed by atoms with Gasteiger partial charge in [0, 0.05) is 18.1 Å². The summed E-state index contributed by atoms with van der Waals surface area (Å²) in [6, 6.07) is 2.29. The predicted molar refractivity (Wildman–Crippen MR) is 108 cm³/mol. The van der Waals surface area contributed by atoms with Gasteiger partial charge in [-0.2, -0.15) is 0 Å². The lowest BCUT2D eigenvalue weighted by Gasteiger charge is -2.21. The van der Waals surface area contributed by atoms with Gasteiger partial charge in [-0.15, -0.1) is 0 Å². The maximum absolute atomic E-state index is 9.73. The van der Waals surface area contributed by atoms with Crippen LogP contribution in [0.1, 0.15) is 19.8 Å². The van der Waals surface area contributed by atoms with Gasteiger partial charge in [0.2, 0.25) is 0 Å². The summed E-state index contributed by atoms with van der Waals surface area (Å²) in [5.74, 6) is 2.37. The van der Waals surface area contributed by atoms with E-state index in [0.29, 0.717) is 0 Å². The minimum absolute atomic E-state index is 0.862. The highest BCUT2D eigenvalue weighted by Crippen LogP contribution is 2.43. The van der Waals surface area contributed by atoms with E-state index in [1.165, 1.54) is 18.2 Å². The zero-order valence-corrected chi connectivity index (χ0v) is 18.7. The van der Waals surface area contributed by atoms with Crippen LogP contribution in [-0.2, 0) is 4.43 Å². The van der Waals surface area contributed by atoms with Crippen LogP contribution in [0.5, 0.6) is 0 Å². The molecule has 0 aromatic heterocycles. The summed E-state index contributed by atoms with van der Waals surface area (Å²) in [5.41, 5.74) is 0. The van der Waals surface area contributed by atoms with E-state index in [1.807, 2.05) is 54.3 Å². The zero-order chi connectivity index (χ0) is 15.5. The van der Waals surface area contributed by atoms with Crippen LogP contribution in [0.4, 0.5) is 0 Å². The van der Waals surface area contributed by atoms with E-state index in [0.717, 1.165) is 24.8 Å². The van der Waals surface area contributed by atoms with E-state index in [-0.39, 0.29) is 0 Å². The molecule has 0 rings (SSSR count). The third-order valence-corrected chi connectivity index (χ3v) is 13.5. The number of hydrogen-bond acceptors (Lipinski definition) is 6. The van der Waals surface area contributed by atoms with Gasteiger partial charge in [-0.05, 0) is 77.7 Å². The van der Waals surface area contributed by atoms with Crippen molar-refractivity contribution in [3.8, 4) is 0 Å². The molecule has 0 bridgehead atoms. The molecule has 0 aromatic rings. The molecule has 0 aromatic carbocycles. The Balaban J connectivity index is 3.25. The van der Waals surface area contributed by atoms with Crippen LogP contribution >= 0.6 is 41.2 Å². The summed E-state index contributed by atoms with van der Waals surface area (Å²) >= 11 is 0. The molecular weight excluding hydrogens is 361 g/mol. The highest BCUT2D eigenvalue weighted by molar-refractivity contribution is 9.26. The quantitative estimate of drug-likeness (QED) is 0.240. The van der Waals surface area contributed by atoms with E-state index in [1.54, 1.807) is 0 Å². The summed E-state index contributed by atoms with van der Waals surface area (Å²) < 4.78 is 5.83. The number of hydrogen-bond donors (Lipinski definition) is 1. The lowest BCUT2D eigenvalue weighted by atomic mass is 10.6. The van der Waals surface area contributed by atoms with Crippen molar-refractivity contribution in [2.45, 2.75) is 58.0 Å². The molecule has 8 heteroatoms. The molecule has 0 spiro atoms.